The van der Waals surface area contributed by atoms with E-state index in [1.165, 1.54) is 12.0 Å². The number of hydrogen-bond acceptors (Lipinski definition) is 3. The van der Waals surface area contributed by atoms with Gasteiger partial charge in [-0.25, -0.2) is 0 Å². The van der Waals surface area contributed by atoms with Crippen LogP contribution in [0.3, 0.4) is 0 Å². The molecule has 3 aliphatic heterocycles. The third-order valence-electron chi connectivity index (χ3n) is 6.65. The molecule has 1 aromatic rings. The maximum absolute atomic E-state index is 12.2. The van der Waals surface area contributed by atoms with Crippen molar-refractivity contribution in [2.45, 2.75) is 57.3 Å². The summed E-state index contributed by atoms with van der Waals surface area (Å²) < 4.78 is 6.51. The van der Waals surface area contributed by atoms with Crippen LogP contribution in [0.2, 0.25) is 0 Å². The summed E-state index contributed by atoms with van der Waals surface area (Å²) in [6, 6.07) is 10.7. The summed E-state index contributed by atoms with van der Waals surface area (Å²) in [4.78, 5) is 14.7. The number of likely N-dealkylation sites (tertiary alicyclic amines) is 1. The van der Waals surface area contributed by atoms with Crippen LogP contribution in [0.5, 0.6) is 0 Å². The van der Waals surface area contributed by atoms with Gasteiger partial charge in [-0.3, -0.25) is 9.69 Å². The fourth-order valence-electron chi connectivity index (χ4n) is 5.39. The first kappa shape index (κ1) is 18.7. The van der Waals surface area contributed by atoms with E-state index in [1.54, 1.807) is 0 Å². The Hall–Kier alpha value is -1.65. The van der Waals surface area contributed by atoms with E-state index < -0.39 is 0 Å². The van der Waals surface area contributed by atoms with Crippen LogP contribution in [0, 0.1) is 11.8 Å². The Bertz CT molecular complexity index is 674. The highest BCUT2D eigenvalue weighted by atomic mass is 16.5. The van der Waals surface area contributed by atoms with Crippen molar-refractivity contribution in [1.82, 2.24) is 10.2 Å². The zero-order chi connectivity index (χ0) is 18.7. The van der Waals surface area contributed by atoms with Crippen LogP contribution < -0.4 is 5.32 Å². The van der Waals surface area contributed by atoms with E-state index in [4.69, 9.17) is 4.74 Å². The Labute approximate surface area is 163 Å². The first-order chi connectivity index (χ1) is 13.2. The number of ether oxygens (including phenoxy) is 1. The lowest BCUT2D eigenvalue weighted by Gasteiger charge is -2.29. The van der Waals surface area contributed by atoms with E-state index in [0.717, 1.165) is 45.4 Å². The van der Waals surface area contributed by atoms with Gasteiger partial charge in [0.25, 0.3) is 0 Å². The summed E-state index contributed by atoms with van der Waals surface area (Å²) in [6.07, 6.45) is 9.39. The van der Waals surface area contributed by atoms with Gasteiger partial charge in [-0.1, -0.05) is 42.5 Å². The molecule has 4 heteroatoms. The van der Waals surface area contributed by atoms with E-state index in [2.05, 4.69) is 46.6 Å². The first-order valence-electron chi connectivity index (χ1n) is 10.5. The normalized spacial score (nSPS) is 32.3. The maximum atomic E-state index is 12.2. The van der Waals surface area contributed by atoms with E-state index in [9.17, 15) is 4.79 Å². The SMILES string of the molecule is C/C=C/CCCC(=O)NC[C@H]1[C@H]2CN(Cc3ccccc3)C[C@]23CC[C@H]1O3. The van der Waals surface area contributed by atoms with Gasteiger partial charge in [0.05, 0.1) is 11.7 Å². The first-order valence-corrected chi connectivity index (χ1v) is 10.5. The number of unbranched alkanes of at least 4 members (excludes halogenated alkanes) is 1. The van der Waals surface area contributed by atoms with Gasteiger partial charge in [0, 0.05) is 44.4 Å². The predicted molar refractivity (Wildman–Crippen MR) is 107 cm³/mol. The molecule has 3 aliphatic rings. The van der Waals surface area contributed by atoms with Crippen molar-refractivity contribution in [1.29, 1.82) is 0 Å². The largest absolute Gasteiger partial charge is 0.370 e. The molecule has 4 atom stereocenters. The second-order valence-electron chi connectivity index (χ2n) is 8.45. The topological polar surface area (TPSA) is 41.6 Å². The molecule has 2 bridgehead atoms. The minimum Gasteiger partial charge on any atom is -0.370 e. The molecule has 1 spiro atoms. The van der Waals surface area contributed by atoms with Crippen LogP contribution >= 0.6 is 0 Å². The number of nitrogens with one attached hydrogen (secondary N) is 1. The van der Waals surface area contributed by atoms with E-state index in [1.807, 2.05) is 13.0 Å². The average molecular weight is 369 g/mol. The van der Waals surface area contributed by atoms with Crippen molar-refractivity contribution in [2.24, 2.45) is 11.8 Å². The van der Waals surface area contributed by atoms with Gasteiger partial charge < -0.3 is 10.1 Å². The Morgan fingerprint density at radius 1 is 1.37 bits per heavy atom. The second kappa shape index (κ2) is 8.15. The highest BCUT2D eigenvalue weighted by Gasteiger charge is 2.62. The summed E-state index contributed by atoms with van der Waals surface area (Å²) in [6.45, 7) is 5.92. The number of amides is 1. The van der Waals surface area contributed by atoms with Crippen molar-refractivity contribution in [3.63, 3.8) is 0 Å². The molecule has 4 rings (SSSR count). The fourth-order valence-corrected chi connectivity index (χ4v) is 5.39. The van der Waals surface area contributed by atoms with Gasteiger partial charge in [-0.05, 0) is 38.2 Å². The average Bonchev–Trinajstić information content (AvgIpc) is 3.32. The molecule has 3 saturated heterocycles. The van der Waals surface area contributed by atoms with E-state index in [-0.39, 0.29) is 11.5 Å². The molecule has 0 unspecified atom stereocenters. The molecule has 0 saturated carbocycles. The minimum absolute atomic E-state index is 0.0424. The molecular formula is C23H32N2O2. The van der Waals surface area contributed by atoms with Crippen molar-refractivity contribution in [3.8, 4) is 0 Å². The lowest BCUT2D eigenvalue weighted by molar-refractivity contribution is -0.121. The molecule has 0 aliphatic carbocycles. The summed E-state index contributed by atoms with van der Waals surface area (Å²) in [5.74, 6) is 1.22. The molecule has 3 fully saturated rings. The Morgan fingerprint density at radius 2 is 2.22 bits per heavy atom. The molecule has 0 aromatic heterocycles. The van der Waals surface area contributed by atoms with Gasteiger partial charge in [0.1, 0.15) is 0 Å². The molecule has 3 heterocycles. The lowest BCUT2D eigenvalue weighted by Crippen LogP contribution is -2.41. The maximum Gasteiger partial charge on any atom is 0.220 e. The summed E-state index contributed by atoms with van der Waals surface area (Å²) >= 11 is 0. The molecule has 1 aromatic carbocycles. The monoisotopic (exact) mass is 368 g/mol. The van der Waals surface area contributed by atoms with E-state index >= 15 is 0 Å². The lowest BCUT2D eigenvalue weighted by atomic mass is 9.73. The predicted octanol–water partition coefficient (Wildman–Crippen LogP) is 3.53. The molecule has 4 nitrogen and oxygen atoms in total. The van der Waals surface area contributed by atoms with Crippen molar-refractivity contribution in [3.05, 3.63) is 48.0 Å². The van der Waals surface area contributed by atoms with Crippen LogP contribution in [0.15, 0.2) is 42.5 Å². The minimum atomic E-state index is 0.0424. The Balaban J connectivity index is 1.31. The Kier molecular flexibility index (Phi) is 5.65. The molecule has 0 radical (unpaired) electrons. The van der Waals surface area contributed by atoms with Crippen LogP contribution in [-0.2, 0) is 16.1 Å². The van der Waals surface area contributed by atoms with Crippen molar-refractivity contribution in [2.75, 3.05) is 19.6 Å². The van der Waals surface area contributed by atoms with Gasteiger partial charge in [-0.15, -0.1) is 0 Å². The molecular weight excluding hydrogens is 336 g/mol. The number of allylic oxidation sites excluding steroid dienone is 2. The second-order valence-corrected chi connectivity index (χ2v) is 8.45. The van der Waals surface area contributed by atoms with Gasteiger partial charge in [0.15, 0.2) is 0 Å². The van der Waals surface area contributed by atoms with Crippen LogP contribution in [0.4, 0.5) is 0 Å². The number of fused-ring (bicyclic) bond motifs is 1. The van der Waals surface area contributed by atoms with Gasteiger partial charge in [0.2, 0.25) is 5.91 Å². The van der Waals surface area contributed by atoms with Crippen LogP contribution in [-0.4, -0.2) is 42.1 Å². The van der Waals surface area contributed by atoms with Gasteiger partial charge >= 0.3 is 0 Å². The highest BCUT2D eigenvalue weighted by molar-refractivity contribution is 5.75. The third-order valence-corrected chi connectivity index (χ3v) is 6.65. The zero-order valence-electron chi connectivity index (χ0n) is 16.4. The summed E-state index contributed by atoms with van der Waals surface area (Å²) in [5.41, 5.74) is 1.41. The number of benzene rings is 1. The number of hydrogen-bond donors (Lipinski definition) is 1. The quantitative estimate of drug-likeness (QED) is 0.564. The number of carbonyl (C=O) groups is 1. The fraction of sp³-hybridized carbons (Fsp3) is 0.609. The summed E-state index contributed by atoms with van der Waals surface area (Å²) in [7, 11) is 0. The molecule has 27 heavy (non-hydrogen) atoms. The zero-order valence-corrected chi connectivity index (χ0v) is 16.4. The molecule has 1 N–H and O–H groups in total. The van der Waals surface area contributed by atoms with E-state index in [0.29, 0.717) is 24.4 Å². The highest BCUT2D eigenvalue weighted by Crippen LogP contribution is 2.54. The standard InChI is InChI=1S/C23H32N2O2/c1-2-3-4-8-11-22(26)24-14-19-20-16-25(15-18-9-6-5-7-10-18)17-23(20)13-12-21(19)27-23/h2-3,5-7,9-10,19-21H,4,8,11-17H2,1H3,(H,24,26)/b3-2+/t19-,20+,21+,23+/m0/s1. The smallest absolute Gasteiger partial charge is 0.220 e. The van der Waals surface area contributed by atoms with Crippen molar-refractivity contribution < 1.29 is 9.53 Å². The third kappa shape index (κ3) is 3.97. The number of rotatable bonds is 8. The summed E-state index contributed by atoms with van der Waals surface area (Å²) in [5, 5.41) is 3.20. The number of nitrogens with zero attached hydrogens (tertiary/aromatic N) is 1. The molecule has 146 valence electrons. The van der Waals surface area contributed by atoms with Gasteiger partial charge in [-0.2, -0.15) is 0 Å². The molecule has 1 amide bonds. The van der Waals surface area contributed by atoms with Crippen LogP contribution in [0.1, 0.15) is 44.6 Å². The van der Waals surface area contributed by atoms with Crippen molar-refractivity contribution >= 4 is 5.91 Å². The van der Waals surface area contributed by atoms with Crippen LogP contribution in [0.25, 0.3) is 0 Å². The number of carbonyl (C=O) groups excluding carboxylic acids is 1. The Morgan fingerprint density at radius 3 is 3.04 bits per heavy atom.